The van der Waals surface area contributed by atoms with Crippen LogP contribution in [0.15, 0.2) is 30.3 Å². The van der Waals surface area contributed by atoms with Crippen molar-refractivity contribution in [2.75, 3.05) is 18.4 Å². The van der Waals surface area contributed by atoms with E-state index >= 15 is 0 Å². The number of aryl methyl sites for hydroxylation is 1. The van der Waals surface area contributed by atoms with Crippen molar-refractivity contribution in [2.45, 2.75) is 39.0 Å². The number of anilines is 1. The zero-order chi connectivity index (χ0) is 17.8. The zero-order valence-corrected chi connectivity index (χ0v) is 15.4. The highest BCUT2D eigenvalue weighted by Crippen LogP contribution is 2.37. The fourth-order valence-corrected chi connectivity index (χ4v) is 4.29. The number of aromatic nitrogens is 1. The Hall–Kier alpha value is -2.21. The number of hydrogen-bond donors (Lipinski definition) is 1. The number of nitrogens with zero attached hydrogens (tertiary/aromatic N) is 2. The van der Waals surface area contributed by atoms with E-state index in [9.17, 15) is 9.59 Å². The number of benzene rings is 1. The first-order chi connectivity index (χ1) is 12.1. The molecule has 2 amide bonds. The van der Waals surface area contributed by atoms with Gasteiger partial charge >= 0.3 is 0 Å². The number of carbonyl (C=O) groups excluding carboxylic acids is 2. The van der Waals surface area contributed by atoms with E-state index in [0.29, 0.717) is 23.8 Å². The number of fused-ring (bicyclic) bond motifs is 1. The van der Waals surface area contributed by atoms with Crippen LogP contribution < -0.4 is 5.32 Å². The van der Waals surface area contributed by atoms with Crippen LogP contribution in [0.4, 0.5) is 5.13 Å². The molecule has 6 heteroatoms. The van der Waals surface area contributed by atoms with Gasteiger partial charge in [-0.2, -0.15) is 0 Å². The number of thiazole rings is 1. The third-order valence-electron chi connectivity index (χ3n) is 4.58. The van der Waals surface area contributed by atoms with Crippen LogP contribution in [0.1, 0.15) is 53.5 Å². The standard InChI is InChI=1S/C19H23N3O2S/c1-3-22(4-2)18(24)14-11-8-12-15-16(14)20-19(25-15)21-17(23)13-9-6-5-7-10-13/h5-7,9-10,14H,3-4,8,11-12H2,1-2H3,(H,20,21,23). The second-order valence-corrected chi connectivity index (χ2v) is 7.19. The van der Waals surface area contributed by atoms with Gasteiger partial charge in [-0.1, -0.05) is 18.2 Å². The number of hydrogen-bond acceptors (Lipinski definition) is 4. The SMILES string of the molecule is CCN(CC)C(=O)C1CCCc2sc(NC(=O)c3ccccc3)nc21. The van der Waals surface area contributed by atoms with Gasteiger partial charge < -0.3 is 4.90 Å². The summed E-state index contributed by atoms with van der Waals surface area (Å²) in [5, 5.41) is 3.46. The molecule has 1 aromatic carbocycles. The molecule has 0 radical (unpaired) electrons. The second-order valence-electron chi connectivity index (χ2n) is 6.10. The van der Waals surface area contributed by atoms with Crippen molar-refractivity contribution in [1.29, 1.82) is 0 Å². The molecule has 1 aromatic heterocycles. The maximum atomic E-state index is 12.8. The summed E-state index contributed by atoms with van der Waals surface area (Å²) in [6.45, 7) is 5.42. The number of likely N-dealkylation sites (N-methyl/N-ethyl adjacent to an activating group) is 1. The van der Waals surface area contributed by atoms with Crippen LogP contribution in [0.5, 0.6) is 0 Å². The zero-order valence-electron chi connectivity index (χ0n) is 14.6. The Morgan fingerprint density at radius 3 is 2.64 bits per heavy atom. The third kappa shape index (κ3) is 3.74. The van der Waals surface area contributed by atoms with Gasteiger partial charge in [-0.25, -0.2) is 4.98 Å². The molecular formula is C19H23N3O2S. The minimum Gasteiger partial charge on any atom is -0.343 e. The summed E-state index contributed by atoms with van der Waals surface area (Å²) in [6, 6.07) is 9.09. The van der Waals surface area contributed by atoms with Gasteiger partial charge in [0.15, 0.2) is 5.13 Å². The maximum Gasteiger partial charge on any atom is 0.257 e. The van der Waals surface area contributed by atoms with Crippen molar-refractivity contribution < 1.29 is 9.59 Å². The first-order valence-corrected chi connectivity index (χ1v) is 9.60. The number of nitrogens with one attached hydrogen (secondary N) is 1. The Labute approximate surface area is 152 Å². The predicted octanol–water partition coefficient (Wildman–Crippen LogP) is 3.68. The van der Waals surface area contributed by atoms with Crippen molar-refractivity contribution in [2.24, 2.45) is 0 Å². The van der Waals surface area contributed by atoms with Gasteiger partial charge in [0, 0.05) is 23.5 Å². The summed E-state index contributed by atoms with van der Waals surface area (Å²) in [4.78, 5) is 32.7. The molecule has 5 nitrogen and oxygen atoms in total. The summed E-state index contributed by atoms with van der Waals surface area (Å²) in [5.41, 5.74) is 1.46. The van der Waals surface area contributed by atoms with Gasteiger partial charge in [0.05, 0.1) is 11.6 Å². The van der Waals surface area contributed by atoms with E-state index in [4.69, 9.17) is 0 Å². The minimum atomic E-state index is -0.178. The van der Waals surface area contributed by atoms with Crippen molar-refractivity contribution in [3.05, 3.63) is 46.5 Å². The van der Waals surface area contributed by atoms with Crippen molar-refractivity contribution in [3.63, 3.8) is 0 Å². The van der Waals surface area contributed by atoms with Crippen molar-refractivity contribution in [3.8, 4) is 0 Å². The van der Waals surface area contributed by atoms with Crippen LogP contribution in [0.3, 0.4) is 0 Å². The summed E-state index contributed by atoms with van der Waals surface area (Å²) in [6.07, 6.45) is 2.74. The molecule has 0 saturated carbocycles. The number of carbonyl (C=O) groups is 2. The fraction of sp³-hybridized carbons (Fsp3) is 0.421. The number of amides is 2. The quantitative estimate of drug-likeness (QED) is 0.888. The summed E-state index contributed by atoms with van der Waals surface area (Å²) in [7, 11) is 0. The summed E-state index contributed by atoms with van der Waals surface area (Å²) < 4.78 is 0. The smallest absolute Gasteiger partial charge is 0.257 e. The molecule has 0 fully saturated rings. The van der Waals surface area contributed by atoms with Crippen LogP contribution >= 0.6 is 11.3 Å². The summed E-state index contributed by atoms with van der Waals surface area (Å²) >= 11 is 1.49. The van der Waals surface area contributed by atoms with E-state index in [2.05, 4.69) is 10.3 Å². The highest BCUT2D eigenvalue weighted by Gasteiger charge is 2.32. The van der Waals surface area contributed by atoms with Crippen LogP contribution in [-0.4, -0.2) is 34.8 Å². The molecule has 1 heterocycles. The lowest BCUT2D eigenvalue weighted by atomic mass is 9.90. The van der Waals surface area contributed by atoms with Crippen LogP contribution in [0.2, 0.25) is 0 Å². The van der Waals surface area contributed by atoms with E-state index in [1.807, 2.05) is 36.9 Å². The molecule has 132 valence electrons. The predicted molar refractivity (Wildman–Crippen MR) is 100 cm³/mol. The molecule has 0 saturated heterocycles. The van der Waals surface area contributed by atoms with Gasteiger partial charge in [-0.3, -0.25) is 14.9 Å². The molecule has 0 spiro atoms. The highest BCUT2D eigenvalue weighted by molar-refractivity contribution is 7.15. The monoisotopic (exact) mass is 357 g/mol. The molecule has 0 aliphatic heterocycles. The lowest BCUT2D eigenvalue weighted by molar-refractivity contribution is -0.132. The Morgan fingerprint density at radius 2 is 1.96 bits per heavy atom. The van der Waals surface area contributed by atoms with Crippen molar-refractivity contribution >= 4 is 28.3 Å². The topological polar surface area (TPSA) is 62.3 Å². The van der Waals surface area contributed by atoms with Gasteiger partial charge in [-0.15, -0.1) is 11.3 Å². The lowest BCUT2D eigenvalue weighted by Gasteiger charge is -2.27. The number of rotatable bonds is 5. The lowest BCUT2D eigenvalue weighted by Crippen LogP contribution is -2.36. The first kappa shape index (κ1) is 17.6. The molecule has 3 rings (SSSR count). The average molecular weight is 357 g/mol. The molecule has 2 aromatic rings. The van der Waals surface area contributed by atoms with E-state index < -0.39 is 0 Å². The van der Waals surface area contributed by atoms with E-state index in [0.717, 1.165) is 29.8 Å². The van der Waals surface area contributed by atoms with Crippen LogP contribution in [0, 0.1) is 0 Å². The molecule has 1 atom stereocenters. The van der Waals surface area contributed by atoms with Gasteiger partial charge in [-0.05, 0) is 45.2 Å². The maximum absolute atomic E-state index is 12.8. The van der Waals surface area contributed by atoms with Crippen LogP contribution in [-0.2, 0) is 11.2 Å². The molecule has 1 N–H and O–H groups in total. The molecule has 1 unspecified atom stereocenters. The fourth-order valence-electron chi connectivity index (χ4n) is 3.23. The van der Waals surface area contributed by atoms with Gasteiger partial charge in [0.1, 0.15) is 0 Å². The van der Waals surface area contributed by atoms with E-state index in [1.54, 1.807) is 12.1 Å². The normalized spacial score (nSPS) is 16.2. The largest absolute Gasteiger partial charge is 0.343 e. The average Bonchev–Trinajstić information content (AvgIpc) is 3.05. The summed E-state index contributed by atoms with van der Waals surface area (Å²) in [5.74, 6) is -0.197. The molecule has 1 aliphatic rings. The van der Waals surface area contributed by atoms with Crippen molar-refractivity contribution in [1.82, 2.24) is 9.88 Å². The Kier molecular flexibility index (Phi) is 5.48. The molecule has 25 heavy (non-hydrogen) atoms. The van der Waals surface area contributed by atoms with E-state index in [1.165, 1.54) is 11.3 Å². The molecular weight excluding hydrogens is 334 g/mol. The Morgan fingerprint density at radius 1 is 1.24 bits per heavy atom. The molecule has 1 aliphatic carbocycles. The second kappa shape index (κ2) is 7.78. The Balaban J connectivity index is 1.80. The third-order valence-corrected chi connectivity index (χ3v) is 5.63. The Bertz CT molecular complexity index is 753. The van der Waals surface area contributed by atoms with Gasteiger partial charge in [0.25, 0.3) is 5.91 Å². The van der Waals surface area contributed by atoms with E-state index in [-0.39, 0.29) is 17.7 Å². The molecule has 0 bridgehead atoms. The minimum absolute atomic E-state index is 0.150. The first-order valence-electron chi connectivity index (χ1n) is 8.78. The van der Waals surface area contributed by atoms with Gasteiger partial charge in [0.2, 0.25) is 5.91 Å². The highest BCUT2D eigenvalue weighted by atomic mass is 32.1. The van der Waals surface area contributed by atoms with Crippen LogP contribution in [0.25, 0.3) is 0 Å².